The number of amides is 2. The van der Waals surface area contributed by atoms with E-state index in [0.29, 0.717) is 43.1 Å². The van der Waals surface area contributed by atoms with Gasteiger partial charge in [0.2, 0.25) is 0 Å². The highest BCUT2D eigenvalue weighted by Crippen LogP contribution is 2.55. The lowest BCUT2D eigenvalue weighted by Crippen LogP contribution is -2.61. The second-order valence-corrected chi connectivity index (χ2v) is 12.0. The average molecular weight is 471 g/mol. The monoisotopic (exact) mass is 470 g/mol. The van der Waals surface area contributed by atoms with E-state index in [-0.39, 0.29) is 24.1 Å². The number of carbonyl (C=O) groups excluding carboxylic acids is 2. The van der Waals surface area contributed by atoms with Gasteiger partial charge in [0.1, 0.15) is 17.1 Å². The minimum atomic E-state index is -0.518. The van der Waals surface area contributed by atoms with Crippen molar-refractivity contribution in [1.29, 1.82) is 0 Å². The van der Waals surface area contributed by atoms with E-state index in [2.05, 4.69) is 17.1 Å². The summed E-state index contributed by atoms with van der Waals surface area (Å²) < 4.78 is 5.52. The van der Waals surface area contributed by atoms with Gasteiger partial charge in [-0.15, -0.1) is 0 Å². The normalized spacial score (nSPS) is 34.8. The molecule has 8 heteroatoms. The molecule has 5 aliphatic rings. The van der Waals surface area contributed by atoms with Crippen LogP contribution in [0.1, 0.15) is 70.3 Å². The number of carbonyl (C=O) groups is 2. The Morgan fingerprint density at radius 2 is 1.85 bits per heavy atom. The molecule has 8 nitrogen and oxygen atoms in total. The number of aliphatic hydroxyl groups is 1. The topological polar surface area (TPSA) is 95.0 Å². The third kappa shape index (κ3) is 4.61. The van der Waals surface area contributed by atoms with Crippen molar-refractivity contribution < 1.29 is 19.4 Å². The molecule has 0 radical (unpaired) electrons. The highest BCUT2D eigenvalue weighted by atomic mass is 16.6. The number of rotatable bonds is 3. The molecule has 5 fully saturated rings. The average Bonchev–Trinajstić information content (AvgIpc) is 2.74. The first kappa shape index (κ1) is 23.4. The fourth-order valence-electron chi connectivity index (χ4n) is 6.94. The van der Waals surface area contributed by atoms with Gasteiger partial charge in [0.25, 0.3) is 5.91 Å². The predicted octanol–water partition coefficient (Wildman–Crippen LogP) is 3.20. The molecule has 0 unspecified atom stereocenters. The molecule has 2 N–H and O–H groups in total. The van der Waals surface area contributed by atoms with E-state index >= 15 is 0 Å². The van der Waals surface area contributed by atoms with Crippen molar-refractivity contribution in [3.8, 4) is 0 Å². The molecule has 3 atom stereocenters. The Morgan fingerprint density at radius 1 is 1.15 bits per heavy atom. The SMILES string of the molecule is C[C@@H]1CN(C(=O)OC(C)(C)C)CCN1c1cccc(C(=O)NC2[C@@H]3CC4C[C@@H]2CC(O)(C4)C3)n1. The summed E-state index contributed by atoms with van der Waals surface area (Å²) in [5.41, 5.74) is -0.602. The Labute approximate surface area is 202 Å². The van der Waals surface area contributed by atoms with E-state index in [1.807, 2.05) is 32.9 Å². The van der Waals surface area contributed by atoms with Gasteiger partial charge in [0.05, 0.1) is 5.60 Å². The van der Waals surface area contributed by atoms with Gasteiger partial charge in [-0.25, -0.2) is 9.78 Å². The maximum Gasteiger partial charge on any atom is 0.410 e. The van der Waals surface area contributed by atoms with Crippen molar-refractivity contribution in [3.05, 3.63) is 23.9 Å². The molecule has 34 heavy (non-hydrogen) atoms. The van der Waals surface area contributed by atoms with Crippen LogP contribution in [0.5, 0.6) is 0 Å². The maximum atomic E-state index is 13.2. The van der Waals surface area contributed by atoms with Crippen molar-refractivity contribution in [2.24, 2.45) is 17.8 Å². The lowest BCUT2D eigenvalue weighted by Gasteiger charge is -2.58. The Morgan fingerprint density at radius 3 is 2.47 bits per heavy atom. The molecule has 0 aromatic carbocycles. The number of hydrogen-bond acceptors (Lipinski definition) is 6. The summed E-state index contributed by atoms with van der Waals surface area (Å²) >= 11 is 0. The van der Waals surface area contributed by atoms with E-state index < -0.39 is 11.2 Å². The first-order valence-corrected chi connectivity index (χ1v) is 12.7. The van der Waals surface area contributed by atoms with Crippen molar-refractivity contribution in [1.82, 2.24) is 15.2 Å². The zero-order valence-electron chi connectivity index (χ0n) is 20.8. The van der Waals surface area contributed by atoms with Gasteiger partial charge in [-0.2, -0.15) is 0 Å². The van der Waals surface area contributed by atoms with Crippen LogP contribution in [-0.2, 0) is 4.74 Å². The molecular weight excluding hydrogens is 432 g/mol. The van der Waals surface area contributed by atoms with Gasteiger partial charge < -0.3 is 25.0 Å². The molecule has 0 spiro atoms. The van der Waals surface area contributed by atoms with Crippen LogP contribution < -0.4 is 10.2 Å². The van der Waals surface area contributed by atoms with Crippen LogP contribution in [-0.4, -0.2) is 69.9 Å². The number of ether oxygens (including phenoxy) is 1. The molecule has 186 valence electrons. The summed E-state index contributed by atoms with van der Waals surface area (Å²) in [4.78, 5) is 34.2. The lowest BCUT2D eigenvalue weighted by molar-refractivity contribution is -0.136. The standard InChI is InChI=1S/C26H38N4O4/c1-16-15-29(24(32)34-25(2,3)4)8-9-30(16)21-7-5-6-20(27-21)23(31)28-22-18-10-17-11-19(22)14-26(33,12-17)13-18/h5-7,16-19,22,33H,8-15H2,1-4H3,(H,28,31)/t16-,17?,18-,19-,22?,26?/m1/s1. The zero-order valence-corrected chi connectivity index (χ0v) is 20.8. The Bertz CT molecular complexity index is 944. The van der Waals surface area contributed by atoms with Gasteiger partial charge in [0, 0.05) is 31.7 Å². The number of piperazine rings is 1. The van der Waals surface area contributed by atoms with Gasteiger partial charge in [-0.1, -0.05) is 6.07 Å². The second kappa shape index (κ2) is 8.40. The van der Waals surface area contributed by atoms with Crippen LogP contribution in [0.25, 0.3) is 0 Å². The summed E-state index contributed by atoms with van der Waals surface area (Å²) in [6.07, 6.45) is 4.47. The van der Waals surface area contributed by atoms with Crippen molar-refractivity contribution in [2.45, 2.75) is 83.1 Å². The van der Waals surface area contributed by atoms with Crippen molar-refractivity contribution in [3.63, 3.8) is 0 Å². The summed E-state index contributed by atoms with van der Waals surface area (Å²) in [5, 5.41) is 14.1. The summed E-state index contributed by atoms with van der Waals surface area (Å²) in [6, 6.07) is 5.76. The van der Waals surface area contributed by atoms with E-state index in [9.17, 15) is 14.7 Å². The maximum absolute atomic E-state index is 13.2. The van der Waals surface area contributed by atoms with Crippen LogP contribution >= 0.6 is 0 Å². The van der Waals surface area contributed by atoms with Gasteiger partial charge >= 0.3 is 6.09 Å². The van der Waals surface area contributed by atoms with E-state index in [1.54, 1.807) is 11.0 Å². The van der Waals surface area contributed by atoms with Gasteiger partial charge in [-0.3, -0.25) is 4.79 Å². The molecular formula is C26H38N4O4. The minimum Gasteiger partial charge on any atom is -0.444 e. The number of nitrogens with one attached hydrogen (secondary N) is 1. The largest absolute Gasteiger partial charge is 0.444 e. The number of anilines is 1. The smallest absolute Gasteiger partial charge is 0.410 e. The van der Waals surface area contributed by atoms with Crippen LogP contribution in [0.2, 0.25) is 0 Å². The van der Waals surface area contributed by atoms with E-state index in [0.717, 1.165) is 37.9 Å². The highest BCUT2D eigenvalue weighted by molar-refractivity contribution is 5.93. The van der Waals surface area contributed by atoms with Crippen LogP contribution in [0.15, 0.2) is 18.2 Å². The predicted molar refractivity (Wildman–Crippen MR) is 129 cm³/mol. The highest BCUT2D eigenvalue weighted by Gasteiger charge is 2.55. The fraction of sp³-hybridized carbons (Fsp3) is 0.731. The first-order chi connectivity index (χ1) is 16.0. The van der Waals surface area contributed by atoms with Crippen LogP contribution in [0.4, 0.5) is 10.6 Å². The van der Waals surface area contributed by atoms with Gasteiger partial charge in [0.15, 0.2) is 0 Å². The molecule has 4 bridgehead atoms. The molecule has 1 aromatic heterocycles. The third-order valence-electron chi connectivity index (χ3n) is 8.08. The quantitative estimate of drug-likeness (QED) is 0.705. The number of aromatic nitrogens is 1. The molecule has 6 rings (SSSR count). The molecule has 2 amide bonds. The second-order valence-electron chi connectivity index (χ2n) is 12.0. The molecule has 1 aromatic rings. The Kier molecular flexibility index (Phi) is 5.78. The van der Waals surface area contributed by atoms with Crippen molar-refractivity contribution >= 4 is 17.8 Å². The van der Waals surface area contributed by atoms with Crippen molar-refractivity contribution in [2.75, 3.05) is 24.5 Å². The molecule has 4 saturated carbocycles. The summed E-state index contributed by atoms with van der Waals surface area (Å²) in [5.74, 6) is 1.96. The minimum absolute atomic E-state index is 0.0530. The van der Waals surface area contributed by atoms with Crippen LogP contribution in [0.3, 0.4) is 0 Å². The number of pyridine rings is 1. The van der Waals surface area contributed by atoms with E-state index in [4.69, 9.17) is 9.72 Å². The number of hydrogen-bond donors (Lipinski definition) is 2. The van der Waals surface area contributed by atoms with Crippen LogP contribution in [0, 0.1) is 17.8 Å². The van der Waals surface area contributed by atoms with Gasteiger partial charge in [-0.05, 0) is 89.7 Å². The molecule has 2 heterocycles. The molecule has 1 aliphatic heterocycles. The Hall–Kier alpha value is -2.35. The summed E-state index contributed by atoms with van der Waals surface area (Å²) in [6.45, 7) is 9.40. The first-order valence-electron chi connectivity index (χ1n) is 12.7. The number of nitrogens with zero attached hydrogens (tertiary/aromatic N) is 3. The molecule has 1 saturated heterocycles. The van der Waals surface area contributed by atoms with E-state index in [1.165, 1.54) is 0 Å². The lowest BCUT2D eigenvalue weighted by atomic mass is 9.52. The fourth-order valence-corrected chi connectivity index (χ4v) is 6.94. The molecule has 4 aliphatic carbocycles. The Balaban J connectivity index is 1.23. The summed E-state index contributed by atoms with van der Waals surface area (Å²) in [7, 11) is 0. The third-order valence-corrected chi connectivity index (χ3v) is 8.08. The zero-order chi connectivity index (χ0) is 24.3.